The van der Waals surface area contributed by atoms with Crippen molar-refractivity contribution in [2.45, 2.75) is 24.9 Å². The third kappa shape index (κ3) is 3.58. The Morgan fingerprint density at radius 1 is 1.04 bits per heavy atom. The number of benzene rings is 1. The van der Waals surface area contributed by atoms with Crippen molar-refractivity contribution in [3.63, 3.8) is 0 Å². The first-order chi connectivity index (χ1) is 11.8. The summed E-state index contributed by atoms with van der Waals surface area (Å²) in [6, 6.07) is 7.49. The highest BCUT2D eigenvalue weighted by atomic mass is 32.2. The average Bonchev–Trinajstić information content (AvgIpc) is 3.04. The number of rotatable bonds is 3. The third-order valence-electron chi connectivity index (χ3n) is 4.07. The predicted octanol–water partition coefficient (Wildman–Crippen LogP) is 5.43. The molecular formula is C19H18F3NOS. The number of nitrogens with zero attached hydrogens (tertiary/aromatic N) is 1. The van der Waals surface area contributed by atoms with Crippen molar-refractivity contribution in [3.05, 3.63) is 76.0 Å². The summed E-state index contributed by atoms with van der Waals surface area (Å²) in [6.07, 6.45) is 1.90. The standard InChI is InChI=1S/C19H18F3NOS/c1-13(2)17-4-3-11-25(17)18-6-5-15(12-16(18)19(20,21)22)14-7-9-23(24)10-8-14/h3-13,25H,1-2H3. The maximum Gasteiger partial charge on any atom is 0.417 e. The van der Waals surface area contributed by atoms with E-state index in [-0.39, 0.29) is 5.92 Å². The Morgan fingerprint density at radius 2 is 1.72 bits per heavy atom. The fourth-order valence-electron chi connectivity index (χ4n) is 2.84. The number of halogens is 3. The molecule has 1 unspecified atom stereocenters. The van der Waals surface area contributed by atoms with Crippen LogP contribution in [-0.2, 0) is 6.18 Å². The Bertz CT molecular complexity index is 839. The van der Waals surface area contributed by atoms with Gasteiger partial charge in [-0.3, -0.25) is 0 Å². The van der Waals surface area contributed by atoms with Gasteiger partial charge in [0.15, 0.2) is 12.4 Å². The molecule has 0 fully saturated rings. The van der Waals surface area contributed by atoms with Crippen LogP contribution in [-0.4, -0.2) is 0 Å². The molecule has 1 atom stereocenters. The van der Waals surface area contributed by atoms with Gasteiger partial charge in [-0.25, -0.2) is 0 Å². The zero-order valence-corrected chi connectivity index (χ0v) is 14.7. The molecule has 1 aliphatic heterocycles. The van der Waals surface area contributed by atoms with Gasteiger partial charge in [0.2, 0.25) is 0 Å². The second-order valence-corrected chi connectivity index (χ2v) is 8.17. The normalized spacial score (nSPS) is 18.6. The second kappa shape index (κ2) is 6.59. The number of thiol groups is 1. The van der Waals surface area contributed by atoms with E-state index in [2.05, 4.69) is 0 Å². The highest BCUT2D eigenvalue weighted by Crippen LogP contribution is 2.55. The number of hydrogen-bond acceptors (Lipinski definition) is 1. The minimum atomic E-state index is -4.43. The van der Waals surface area contributed by atoms with Crippen LogP contribution in [0, 0.1) is 11.1 Å². The summed E-state index contributed by atoms with van der Waals surface area (Å²) in [4.78, 5) is 1.37. The molecule has 1 aliphatic rings. The molecule has 0 spiro atoms. The summed E-state index contributed by atoms with van der Waals surface area (Å²) < 4.78 is 41.7. The Hall–Kier alpha value is -2.21. The largest absolute Gasteiger partial charge is 0.619 e. The first-order valence-corrected chi connectivity index (χ1v) is 9.26. The van der Waals surface area contributed by atoms with Gasteiger partial charge in [0.05, 0.1) is 5.56 Å². The number of hydrogen-bond donors (Lipinski definition) is 1. The maximum absolute atomic E-state index is 13.7. The third-order valence-corrected chi connectivity index (χ3v) is 6.67. The highest BCUT2D eigenvalue weighted by Gasteiger charge is 2.36. The van der Waals surface area contributed by atoms with Crippen molar-refractivity contribution in [1.29, 1.82) is 0 Å². The molecule has 2 nitrogen and oxygen atoms in total. The molecule has 2 aromatic rings. The zero-order valence-electron chi connectivity index (χ0n) is 13.8. The summed E-state index contributed by atoms with van der Waals surface area (Å²) in [6.45, 7) is 4.00. The SMILES string of the molecule is CC(C)C1=CC=C[SH]1c1ccc(-c2cc[n+]([O-])cc2)cc1C(F)(F)F. The van der Waals surface area contributed by atoms with E-state index in [0.29, 0.717) is 20.8 Å². The Kier molecular flexibility index (Phi) is 4.64. The van der Waals surface area contributed by atoms with Gasteiger partial charge in [-0.1, -0.05) is 32.1 Å². The summed E-state index contributed by atoms with van der Waals surface area (Å²) >= 11 is 0. The predicted molar refractivity (Wildman–Crippen MR) is 95.2 cm³/mol. The van der Waals surface area contributed by atoms with Gasteiger partial charge >= 0.3 is 6.18 Å². The molecule has 0 N–H and O–H groups in total. The average molecular weight is 365 g/mol. The highest BCUT2D eigenvalue weighted by molar-refractivity contribution is 8.23. The fourth-order valence-corrected chi connectivity index (χ4v) is 5.20. The molecule has 1 aromatic carbocycles. The lowest BCUT2D eigenvalue weighted by Crippen LogP contribution is -2.23. The van der Waals surface area contributed by atoms with Gasteiger partial charge in [-0.15, -0.1) is 0 Å². The van der Waals surface area contributed by atoms with Crippen LogP contribution < -0.4 is 4.73 Å². The molecule has 0 aliphatic carbocycles. The van der Waals surface area contributed by atoms with Gasteiger partial charge in [-0.05, 0) is 39.5 Å². The molecule has 0 saturated heterocycles. The quantitative estimate of drug-likeness (QED) is 0.438. The molecule has 3 rings (SSSR count). The van der Waals surface area contributed by atoms with Gasteiger partial charge in [0.1, 0.15) is 0 Å². The van der Waals surface area contributed by atoms with E-state index in [4.69, 9.17) is 0 Å². The van der Waals surface area contributed by atoms with Gasteiger partial charge in [0.25, 0.3) is 0 Å². The Morgan fingerprint density at radius 3 is 2.32 bits per heavy atom. The topological polar surface area (TPSA) is 26.9 Å². The molecule has 2 heterocycles. The van der Waals surface area contributed by atoms with Crippen molar-refractivity contribution in [2.24, 2.45) is 5.92 Å². The molecule has 0 amide bonds. The molecule has 1 aromatic heterocycles. The minimum Gasteiger partial charge on any atom is -0.619 e. The van der Waals surface area contributed by atoms with E-state index in [1.165, 1.54) is 30.6 Å². The van der Waals surface area contributed by atoms with Crippen molar-refractivity contribution in [2.75, 3.05) is 0 Å². The molecular weight excluding hydrogens is 347 g/mol. The van der Waals surface area contributed by atoms with Crippen LogP contribution >= 0.6 is 10.9 Å². The smallest absolute Gasteiger partial charge is 0.417 e. The summed E-state index contributed by atoms with van der Waals surface area (Å²) in [5.74, 6) is 0.198. The van der Waals surface area contributed by atoms with Crippen LogP contribution in [0.2, 0.25) is 0 Å². The molecule has 6 heteroatoms. The van der Waals surface area contributed by atoms with E-state index in [0.717, 1.165) is 4.91 Å². The molecule has 132 valence electrons. The molecule has 0 bridgehead atoms. The first-order valence-electron chi connectivity index (χ1n) is 7.85. The second-order valence-electron chi connectivity index (χ2n) is 6.13. The molecule has 0 saturated carbocycles. The van der Waals surface area contributed by atoms with Crippen LogP contribution in [0.25, 0.3) is 11.1 Å². The van der Waals surface area contributed by atoms with Crippen molar-refractivity contribution < 1.29 is 17.9 Å². The van der Waals surface area contributed by atoms with E-state index in [1.54, 1.807) is 12.1 Å². The van der Waals surface area contributed by atoms with Crippen molar-refractivity contribution in [1.82, 2.24) is 0 Å². The van der Waals surface area contributed by atoms with Crippen molar-refractivity contribution in [3.8, 4) is 11.1 Å². The van der Waals surface area contributed by atoms with Crippen LogP contribution in [0.1, 0.15) is 19.4 Å². The van der Waals surface area contributed by atoms with Crippen LogP contribution in [0.4, 0.5) is 13.2 Å². The molecule has 25 heavy (non-hydrogen) atoms. The zero-order chi connectivity index (χ0) is 18.2. The number of aromatic nitrogens is 1. The van der Waals surface area contributed by atoms with Gasteiger partial charge < -0.3 is 5.21 Å². The lowest BCUT2D eigenvalue weighted by atomic mass is 10.0. The Balaban J connectivity index is 2.10. The van der Waals surface area contributed by atoms with Crippen LogP contribution in [0.3, 0.4) is 0 Å². The number of pyridine rings is 1. The summed E-state index contributed by atoms with van der Waals surface area (Å²) in [5.41, 5.74) is 0.427. The van der Waals surface area contributed by atoms with Gasteiger partial charge in [0, 0.05) is 17.0 Å². The maximum atomic E-state index is 13.7. The van der Waals surface area contributed by atoms with Gasteiger partial charge in [-0.2, -0.15) is 28.8 Å². The summed E-state index contributed by atoms with van der Waals surface area (Å²) in [5, 5.41) is 13.0. The number of alkyl halides is 3. The monoisotopic (exact) mass is 365 g/mol. The fraction of sp³-hybridized carbons (Fsp3) is 0.211. The van der Waals surface area contributed by atoms with E-state index in [9.17, 15) is 18.4 Å². The molecule has 0 radical (unpaired) electrons. The number of allylic oxidation sites excluding steroid dienone is 3. The van der Waals surface area contributed by atoms with E-state index >= 15 is 0 Å². The lowest BCUT2D eigenvalue weighted by Gasteiger charge is -2.25. The van der Waals surface area contributed by atoms with E-state index in [1.807, 2.05) is 31.4 Å². The Labute approximate surface area is 147 Å². The first kappa shape index (κ1) is 17.6. The summed E-state index contributed by atoms with van der Waals surface area (Å²) in [7, 11) is -1.11. The van der Waals surface area contributed by atoms with Crippen molar-refractivity contribution >= 4 is 10.9 Å². The lowest BCUT2D eigenvalue weighted by molar-refractivity contribution is -0.605. The minimum absolute atomic E-state index is 0.198. The van der Waals surface area contributed by atoms with E-state index < -0.39 is 22.6 Å². The van der Waals surface area contributed by atoms with Crippen LogP contribution in [0.5, 0.6) is 0 Å². The van der Waals surface area contributed by atoms with Crippen LogP contribution in [0.15, 0.2) is 70.1 Å².